The number of nitrogens with zero attached hydrogens (tertiary/aromatic N) is 3. The van der Waals surface area contributed by atoms with Gasteiger partial charge in [0, 0.05) is 39.2 Å². The van der Waals surface area contributed by atoms with Crippen LogP contribution < -0.4 is 15.5 Å². The van der Waals surface area contributed by atoms with Crippen LogP contribution in [0.4, 0.5) is 19.0 Å². The molecule has 2 aliphatic rings. The zero-order valence-corrected chi connectivity index (χ0v) is 11.7. The average Bonchev–Trinajstić information content (AvgIpc) is 2.99. The molecule has 0 saturated carbocycles. The van der Waals surface area contributed by atoms with Crippen molar-refractivity contribution in [2.24, 2.45) is 5.92 Å². The highest BCUT2D eigenvalue weighted by Crippen LogP contribution is 2.36. The lowest BCUT2D eigenvalue weighted by molar-refractivity contribution is -0.145. The largest absolute Gasteiger partial charge is 0.451 e. The van der Waals surface area contributed by atoms with Crippen LogP contribution in [0.5, 0.6) is 0 Å². The molecular formula is C13H16F3N5. The van der Waals surface area contributed by atoms with E-state index in [4.69, 9.17) is 0 Å². The van der Waals surface area contributed by atoms with Crippen molar-refractivity contribution >= 4 is 5.82 Å². The van der Waals surface area contributed by atoms with Crippen molar-refractivity contribution in [1.82, 2.24) is 20.6 Å². The highest BCUT2D eigenvalue weighted by molar-refractivity contribution is 5.42. The lowest BCUT2D eigenvalue weighted by Gasteiger charge is -2.18. The van der Waals surface area contributed by atoms with Crippen molar-refractivity contribution in [3.63, 3.8) is 0 Å². The minimum atomic E-state index is -4.55. The number of hydrogen-bond acceptors (Lipinski definition) is 5. The lowest BCUT2D eigenvalue weighted by atomic mass is 9.99. The summed E-state index contributed by atoms with van der Waals surface area (Å²) in [6.45, 7) is 1.56. The van der Waals surface area contributed by atoms with Crippen LogP contribution in [0.3, 0.4) is 0 Å². The Morgan fingerprint density at radius 3 is 2.67 bits per heavy atom. The molecule has 21 heavy (non-hydrogen) atoms. The normalized spacial score (nSPS) is 24.5. The molecule has 114 valence electrons. The molecule has 0 radical (unpaired) electrons. The molecule has 2 N–H and O–H groups in total. The summed E-state index contributed by atoms with van der Waals surface area (Å²) >= 11 is 0. The van der Waals surface area contributed by atoms with E-state index in [0.29, 0.717) is 11.6 Å². The van der Waals surface area contributed by atoms with E-state index in [2.05, 4.69) is 20.6 Å². The van der Waals surface area contributed by atoms with Gasteiger partial charge >= 0.3 is 6.18 Å². The number of rotatable bonds is 2. The molecular weight excluding hydrogens is 283 g/mol. The number of aromatic nitrogens is 2. The number of alkyl halides is 3. The van der Waals surface area contributed by atoms with Crippen LogP contribution in [0.25, 0.3) is 0 Å². The van der Waals surface area contributed by atoms with E-state index in [1.807, 2.05) is 6.20 Å². The third-order valence-electron chi connectivity index (χ3n) is 3.75. The van der Waals surface area contributed by atoms with E-state index in [1.54, 1.807) is 25.1 Å². The molecule has 3 heterocycles. The Morgan fingerprint density at radius 2 is 2.00 bits per heavy atom. The molecule has 0 bridgehead atoms. The molecule has 1 saturated heterocycles. The molecule has 0 amide bonds. The molecule has 1 fully saturated rings. The van der Waals surface area contributed by atoms with Crippen LogP contribution in [0, 0.1) is 5.92 Å². The number of fused-ring (bicyclic) bond motifs is 1. The van der Waals surface area contributed by atoms with E-state index in [1.165, 1.54) is 0 Å². The van der Waals surface area contributed by atoms with E-state index < -0.39 is 12.0 Å². The minimum Gasteiger partial charge on any atom is -0.390 e. The first kappa shape index (κ1) is 14.1. The summed E-state index contributed by atoms with van der Waals surface area (Å²) in [5, 5.41) is 6.36. The zero-order valence-electron chi connectivity index (χ0n) is 11.7. The summed E-state index contributed by atoms with van der Waals surface area (Å²) in [5.41, 5.74) is 1.42. The van der Waals surface area contributed by atoms with Crippen LogP contribution in [-0.4, -0.2) is 37.2 Å². The topological polar surface area (TPSA) is 53.1 Å². The van der Waals surface area contributed by atoms with Crippen molar-refractivity contribution in [2.75, 3.05) is 32.1 Å². The Kier molecular flexibility index (Phi) is 3.27. The van der Waals surface area contributed by atoms with Gasteiger partial charge in [-0.1, -0.05) is 0 Å². The Labute approximate surface area is 120 Å². The second-order valence-electron chi connectivity index (χ2n) is 5.46. The molecule has 1 aromatic rings. The van der Waals surface area contributed by atoms with Gasteiger partial charge in [-0.15, -0.1) is 0 Å². The summed E-state index contributed by atoms with van der Waals surface area (Å²) in [7, 11) is 3.32. The van der Waals surface area contributed by atoms with Crippen molar-refractivity contribution < 1.29 is 13.2 Å². The van der Waals surface area contributed by atoms with Crippen molar-refractivity contribution in [3.05, 3.63) is 29.4 Å². The number of halogens is 3. The molecule has 0 aliphatic carbocycles. The predicted octanol–water partition coefficient (Wildman–Crippen LogP) is 1.31. The molecule has 8 heteroatoms. The first-order valence-corrected chi connectivity index (χ1v) is 6.66. The molecule has 0 spiro atoms. The van der Waals surface area contributed by atoms with Crippen LogP contribution >= 0.6 is 0 Å². The number of nitrogens with one attached hydrogen (secondary N) is 2. The lowest BCUT2D eigenvalue weighted by Crippen LogP contribution is -2.23. The van der Waals surface area contributed by atoms with Crippen molar-refractivity contribution in [2.45, 2.75) is 12.2 Å². The fourth-order valence-corrected chi connectivity index (χ4v) is 2.67. The van der Waals surface area contributed by atoms with Gasteiger partial charge in [-0.2, -0.15) is 13.2 Å². The van der Waals surface area contributed by atoms with Gasteiger partial charge in [-0.3, -0.25) is 0 Å². The standard InChI is InChI=1S/C13H16F3N5/c1-21(2)10-3-9(19-12(20-10)13(14,15)16)11-8-6-17-4-7(8)5-18-11/h3,6-7,11,17-18H,4-5H2,1-2H3. The zero-order chi connectivity index (χ0) is 15.2. The van der Waals surface area contributed by atoms with Crippen LogP contribution in [0.1, 0.15) is 17.6 Å². The second kappa shape index (κ2) is 4.87. The summed E-state index contributed by atoms with van der Waals surface area (Å²) in [6.07, 6.45) is -2.68. The summed E-state index contributed by atoms with van der Waals surface area (Å²) < 4.78 is 38.9. The fraction of sp³-hybridized carbons (Fsp3) is 0.538. The van der Waals surface area contributed by atoms with Gasteiger partial charge in [0.2, 0.25) is 5.82 Å². The molecule has 5 nitrogen and oxygen atoms in total. The molecule has 2 aliphatic heterocycles. The maximum atomic E-state index is 13.0. The van der Waals surface area contributed by atoms with Crippen molar-refractivity contribution in [3.8, 4) is 0 Å². The van der Waals surface area contributed by atoms with E-state index in [9.17, 15) is 13.2 Å². The molecule has 3 rings (SSSR count). The Hall–Kier alpha value is -1.83. The highest BCUT2D eigenvalue weighted by atomic mass is 19.4. The molecule has 2 atom stereocenters. The highest BCUT2D eigenvalue weighted by Gasteiger charge is 2.39. The Balaban J connectivity index is 2.03. The molecule has 2 unspecified atom stereocenters. The average molecular weight is 299 g/mol. The van der Waals surface area contributed by atoms with Gasteiger partial charge in [0.15, 0.2) is 0 Å². The summed E-state index contributed by atoms with van der Waals surface area (Å²) in [4.78, 5) is 8.87. The second-order valence-corrected chi connectivity index (χ2v) is 5.46. The molecule has 0 aromatic carbocycles. The van der Waals surface area contributed by atoms with E-state index in [0.717, 1.165) is 18.7 Å². The van der Waals surface area contributed by atoms with Crippen LogP contribution in [0.2, 0.25) is 0 Å². The van der Waals surface area contributed by atoms with Gasteiger partial charge in [0.05, 0.1) is 11.7 Å². The maximum absolute atomic E-state index is 13.0. The van der Waals surface area contributed by atoms with Gasteiger partial charge in [0.25, 0.3) is 0 Å². The third-order valence-corrected chi connectivity index (χ3v) is 3.75. The fourth-order valence-electron chi connectivity index (χ4n) is 2.67. The van der Waals surface area contributed by atoms with Gasteiger partial charge in [0.1, 0.15) is 5.82 Å². The SMILES string of the molecule is CN(C)c1cc(C2NCC3CNC=C32)nc(C(F)(F)F)n1. The smallest absolute Gasteiger partial charge is 0.390 e. The number of hydrogen-bond donors (Lipinski definition) is 2. The number of anilines is 1. The van der Waals surface area contributed by atoms with E-state index in [-0.39, 0.29) is 11.9 Å². The van der Waals surface area contributed by atoms with E-state index >= 15 is 0 Å². The predicted molar refractivity (Wildman–Crippen MR) is 71.7 cm³/mol. The summed E-state index contributed by atoms with van der Waals surface area (Å²) in [5.74, 6) is -0.522. The Morgan fingerprint density at radius 1 is 1.24 bits per heavy atom. The third kappa shape index (κ3) is 2.55. The minimum absolute atomic E-state index is 0.254. The first-order valence-electron chi connectivity index (χ1n) is 6.66. The quantitative estimate of drug-likeness (QED) is 0.862. The maximum Gasteiger partial charge on any atom is 0.451 e. The van der Waals surface area contributed by atoms with Crippen molar-refractivity contribution in [1.29, 1.82) is 0 Å². The Bertz CT molecular complexity index is 582. The van der Waals surface area contributed by atoms with Gasteiger partial charge in [-0.05, 0) is 11.8 Å². The van der Waals surface area contributed by atoms with Crippen LogP contribution in [0.15, 0.2) is 17.8 Å². The van der Waals surface area contributed by atoms with Gasteiger partial charge < -0.3 is 15.5 Å². The summed E-state index contributed by atoms with van der Waals surface area (Å²) in [6, 6.07) is 1.32. The first-order chi connectivity index (χ1) is 9.86. The van der Waals surface area contributed by atoms with Gasteiger partial charge in [-0.25, -0.2) is 9.97 Å². The monoisotopic (exact) mass is 299 g/mol. The molecule has 1 aromatic heterocycles. The van der Waals surface area contributed by atoms with Crippen LogP contribution in [-0.2, 0) is 6.18 Å².